The van der Waals surface area contributed by atoms with Crippen LogP contribution in [0.4, 0.5) is 36.8 Å². The molecule has 0 aliphatic carbocycles. The van der Waals surface area contributed by atoms with E-state index in [9.17, 15) is 31.1 Å². The largest absolute Gasteiger partial charge is 0.444 e. The average Bonchev–Trinajstić information content (AvgIpc) is 2.53. The molecule has 0 unspecified atom stereocenters. The summed E-state index contributed by atoms with van der Waals surface area (Å²) in [5.74, 6) is -0.841. The fraction of sp³-hybridized carbons (Fsp3) is 0.353. The molecule has 1 aromatic carbocycles. The molecule has 158 valence electrons. The average molecular weight is 423 g/mol. The van der Waals surface area contributed by atoms with Crippen molar-refractivity contribution in [3.05, 3.63) is 41.7 Å². The number of hydrogen-bond acceptors (Lipinski definition) is 5. The van der Waals surface area contributed by atoms with E-state index in [-0.39, 0.29) is 5.69 Å². The molecule has 6 nitrogen and oxygen atoms in total. The van der Waals surface area contributed by atoms with Gasteiger partial charge in [-0.3, -0.25) is 5.32 Å². The molecule has 0 bridgehead atoms. The maximum atomic E-state index is 13.4. The number of carbonyl (C=O) groups excluding carboxylic acids is 1. The van der Waals surface area contributed by atoms with Gasteiger partial charge >= 0.3 is 24.5 Å². The van der Waals surface area contributed by atoms with Crippen LogP contribution in [-0.2, 0) is 17.1 Å². The molecular weight excluding hydrogens is 408 g/mol. The smallest absolute Gasteiger partial charge is 0.433 e. The number of carbonyl (C=O) groups is 1. The van der Waals surface area contributed by atoms with Crippen molar-refractivity contribution in [3.8, 4) is 11.8 Å². The highest BCUT2D eigenvalue weighted by atomic mass is 19.4. The minimum Gasteiger partial charge on any atom is -0.444 e. The molecule has 1 heterocycles. The Morgan fingerprint density at radius 1 is 1.00 bits per heavy atom. The van der Waals surface area contributed by atoms with Crippen LogP contribution in [-0.4, -0.2) is 21.7 Å². The molecular formula is C17H15F6N3O3. The van der Waals surface area contributed by atoms with Crippen LogP contribution < -0.4 is 10.1 Å². The van der Waals surface area contributed by atoms with E-state index < -0.39 is 47.1 Å². The summed E-state index contributed by atoms with van der Waals surface area (Å²) >= 11 is 0. The Morgan fingerprint density at radius 3 is 2.21 bits per heavy atom. The van der Waals surface area contributed by atoms with E-state index in [2.05, 4.69) is 15.3 Å². The fourth-order valence-corrected chi connectivity index (χ4v) is 1.99. The van der Waals surface area contributed by atoms with Gasteiger partial charge in [0.2, 0.25) is 0 Å². The van der Waals surface area contributed by atoms with Crippen LogP contribution in [0, 0.1) is 0 Å². The van der Waals surface area contributed by atoms with Crippen molar-refractivity contribution < 1.29 is 40.6 Å². The van der Waals surface area contributed by atoms with E-state index in [0.29, 0.717) is 18.3 Å². The van der Waals surface area contributed by atoms with Gasteiger partial charge in [0.1, 0.15) is 16.9 Å². The standard InChI is InChI=1S/C17H15F6N3O3/c1-15(2,3)29-14(27)25-9-4-5-11(10(8-9)16(18,19)20)28-13-24-7-6-12(26-13)17(21,22)23/h4-8H,1-3H3,(H,25,27). The van der Waals surface area contributed by atoms with Gasteiger partial charge in [0.15, 0.2) is 5.69 Å². The van der Waals surface area contributed by atoms with Crippen LogP contribution in [0.3, 0.4) is 0 Å². The van der Waals surface area contributed by atoms with E-state index >= 15 is 0 Å². The van der Waals surface area contributed by atoms with Crippen molar-refractivity contribution in [2.45, 2.75) is 38.7 Å². The Kier molecular flexibility index (Phi) is 5.95. The van der Waals surface area contributed by atoms with Crippen molar-refractivity contribution in [2.24, 2.45) is 0 Å². The van der Waals surface area contributed by atoms with Crippen molar-refractivity contribution in [1.82, 2.24) is 9.97 Å². The van der Waals surface area contributed by atoms with Gasteiger partial charge in [-0.15, -0.1) is 0 Å². The summed E-state index contributed by atoms with van der Waals surface area (Å²) in [4.78, 5) is 18.2. The monoisotopic (exact) mass is 423 g/mol. The quantitative estimate of drug-likeness (QED) is 0.646. The van der Waals surface area contributed by atoms with Crippen molar-refractivity contribution in [1.29, 1.82) is 0 Å². The Morgan fingerprint density at radius 2 is 1.66 bits per heavy atom. The van der Waals surface area contributed by atoms with E-state index in [0.717, 1.165) is 12.1 Å². The molecule has 12 heteroatoms. The number of nitrogens with one attached hydrogen (secondary N) is 1. The normalized spacial score (nSPS) is 12.4. The van der Waals surface area contributed by atoms with Crippen molar-refractivity contribution in [3.63, 3.8) is 0 Å². The summed E-state index contributed by atoms with van der Waals surface area (Å²) in [5, 5.41) is 2.13. The highest BCUT2D eigenvalue weighted by molar-refractivity contribution is 5.85. The Hall–Kier alpha value is -3.05. The van der Waals surface area contributed by atoms with Gasteiger partial charge in [-0.1, -0.05) is 0 Å². The topological polar surface area (TPSA) is 73.3 Å². The molecule has 2 rings (SSSR count). The second-order valence-corrected chi connectivity index (χ2v) is 6.66. The third-order valence-corrected chi connectivity index (χ3v) is 3.06. The summed E-state index contributed by atoms with van der Waals surface area (Å²) < 4.78 is 87.9. The highest BCUT2D eigenvalue weighted by Crippen LogP contribution is 2.39. The van der Waals surface area contributed by atoms with Gasteiger partial charge in [0.25, 0.3) is 0 Å². The van der Waals surface area contributed by atoms with Crippen LogP contribution in [0.25, 0.3) is 0 Å². The summed E-state index contributed by atoms with van der Waals surface area (Å²) in [6, 6.07) is 2.05. The van der Waals surface area contributed by atoms with E-state index in [1.807, 2.05) is 0 Å². The second-order valence-electron chi connectivity index (χ2n) is 6.66. The molecule has 2 aromatic rings. The fourth-order valence-electron chi connectivity index (χ4n) is 1.99. The van der Waals surface area contributed by atoms with Crippen molar-refractivity contribution in [2.75, 3.05) is 5.32 Å². The molecule has 0 saturated heterocycles. The summed E-state index contributed by atoms with van der Waals surface area (Å²) in [6.07, 6.45) is -10.0. The number of amides is 1. The van der Waals surface area contributed by atoms with Gasteiger partial charge in [-0.25, -0.2) is 9.78 Å². The first kappa shape index (κ1) is 22.2. The molecule has 0 spiro atoms. The summed E-state index contributed by atoms with van der Waals surface area (Å²) in [6.45, 7) is 4.71. The zero-order valence-corrected chi connectivity index (χ0v) is 15.3. The number of rotatable bonds is 3. The minimum absolute atomic E-state index is 0.260. The highest BCUT2D eigenvalue weighted by Gasteiger charge is 2.36. The Labute approximate surface area is 160 Å². The molecule has 1 N–H and O–H groups in total. The molecule has 0 radical (unpaired) electrons. The number of nitrogens with zero attached hydrogens (tertiary/aromatic N) is 2. The SMILES string of the molecule is CC(C)(C)OC(=O)Nc1ccc(Oc2nccc(C(F)(F)F)n2)c(C(F)(F)F)c1. The van der Waals surface area contributed by atoms with E-state index in [4.69, 9.17) is 9.47 Å². The maximum Gasteiger partial charge on any atom is 0.433 e. The van der Waals surface area contributed by atoms with E-state index in [1.165, 1.54) is 0 Å². The number of aromatic nitrogens is 2. The molecule has 0 atom stereocenters. The maximum absolute atomic E-state index is 13.4. The van der Waals surface area contributed by atoms with E-state index in [1.54, 1.807) is 20.8 Å². The predicted molar refractivity (Wildman–Crippen MR) is 88.4 cm³/mol. The lowest BCUT2D eigenvalue weighted by atomic mass is 10.1. The number of hydrogen-bond donors (Lipinski definition) is 1. The van der Waals surface area contributed by atoms with Gasteiger partial charge in [0.05, 0.1) is 0 Å². The van der Waals surface area contributed by atoms with Gasteiger partial charge in [-0.2, -0.15) is 31.3 Å². The molecule has 0 saturated carbocycles. The zero-order chi connectivity index (χ0) is 22.0. The summed E-state index contributed by atoms with van der Waals surface area (Å²) in [7, 11) is 0. The lowest BCUT2D eigenvalue weighted by Gasteiger charge is -2.20. The van der Waals surface area contributed by atoms with Crippen LogP contribution in [0.2, 0.25) is 0 Å². The Balaban J connectivity index is 2.32. The Bertz CT molecular complexity index is 891. The summed E-state index contributed by atoms with van der Waals surface area (Å²) in [5.41, 5.74) is -3.86. The first-order valence-corrected chi connectivity index (χ1v) is 7.94. The van der Waals surface area contributed by atoms with Gasteiger partial charge < -0.3 is 9.47 Å². The lowest BCUT2D eigenvalue weighted by Crippen LogP contribution is -2.27. The molecule has 0 aliphatic heterocycles. The van der Waals surface area contributed by atoms with Crippen LogP contribution in [0.5, 0.6) is 11.8 Å². The molecule has 0 fully saturated rings. The number of halogens is 6. The van der Waals surface area contributed by atoms with Crippen LogP contribution >= 0.6 is 0 Å². The number of anilines is 1. The molecule has 0 aliphatic rings. The third kappa shape index (κ3) is 6.50. The second kappa shape index (κ2) is 7.76. The van der Waals surface area contributed by atoms with Gasteiger partial charge in [-0.05, 0) is 45.0 Å². The minimum atomic E-state index is -4.94. The number of ether oxygens (including phenoxy) is 2. The zero-order valence-electron chi connectivity index (χ0n) is 15.3. The van der Waals surface area contributed by atoms with Gasteiger partial charge in [0, 0.05) is 11.9 Å². The third-order valence-electron chi connectivity index (χ3n) is 3.06. The molecule has 29 heavy (non-hydrogen) atoms. The predicted octanol–water partition coefficient (Wildman–Crippen LogP) is 5.65. The number of alkyl halides is 6. The molecule has 1 amide bonds. The van der Waals surface area contributed by atoms with Crippen LogP contribution in [0.1, 0.15) is 32.0 Å². The van der Waals surface area contributed by atoms with Crippen LogP contribution in [0.15, 0.2) is 30.5 Å². The molecule has 1 aromatic heterocycles. The lowest BCUT2D eigenvalue weighted by molar-refractivity contribution is -0.142. The first-order valence-electron chi connectivity index (χ1n) is 7.94. The first-order chi connectivity index (χ1) is 13.1. The number of benzene rings is 1. The van der Waals surface area contributed by atoms with Crippen molar-refractivity contribution >= 4 is 11.8 Å².